The molecule has 1 aromatic heterocycles. The third-order valence-corrected chi connectivity index (χ3v) is 4.13. The Hall–Kier alpha value is -2.27. The largest absolute Gasteiger partial charge is 0.495 e. The van der Waals surface area contributed by atoms with Crippen molar-refractivity contribution in [3.63, 3.8) is 0 Å². The van der Waals surface area contributed by atoms with Gasteiger partial charge in [-0.25, -0.2) is 9.78 Å². The number of benzene rings is 1. The number of aromatic nitrogens is 1. The van der Waals surface area contributed by atoms with Crippen molar-refractivity contribution in [2.75, 3.05) is 18.6 Å². The second-order valence-electron chi connectivity index (χ2n) is 5.13. The Morgan fingerprint density at radius 3 is 2.91 bits per heavy atom. The molecule has 3 rings (SSSR count). The Morgan fingerprint density at radius 2 is 2.18 bits per heavy atom. The van der Waals surface area contributed by atoms with Crippen LogP contribution >= 0.6 is 11.6 Å². The fraction of sp³-hybridized carbons (Fsp3) is 0.250. The summed E-state index contributed by atoms with van der Waals surface area (Å²) in [6.07, 6.45) is 2.43. The first-order valence-corrected chi connectivity index (χ1v) is 7.26. The van der Waals surface area contributed by atoms with Gasteiger partial charge in [0.25, 0.3) is 0 Å². The maximum atomic E-state index is 11.0. The summed E-state index contributed by atoms with van der Waals surface area (Å²) in [4.78, 5) is 17.2. The summed E-state index contributed by atoms with van der Waals surface area (Å²) in [7, 11) is 1.59. The van der Waals surface area contributed by atoms with Crippen LogP contribution in [0.2, 0.25) is 5.02 Å². The molecule has 0 fully saturated rings. The zero-order valence-electron chi connectivity index (χ0n) is 12.0. The number of anilines is 1. The van der Waals surface area contributed by atoms with Crippen LogP contribution in [0.25, 0.3) is 0 Å². The van der Waals surface area contributed by atoms with Crippen LogP contribution in [0, 0.1) is 0 Å². The molecule has 0 saturated carbocycles. The van der Waals surface area contributed by atoms with Gasteiger partial charge in [-0.1, -0.05) is 11.6 Å². The summed E-state index contributed by atoms with van der Waals surface area (Å²) in [5, 5.41) is 9.58. The Morgan fingerprint density at radius 1 is 1.36 bits per heavy atom. The fourth-order valence-corrected chi connectivity index (χ4v) is 2.82. The summed E-state index contributed by atoms with van der Waals surface area (Å²) in [6.45, 7) is 1.49. The van der Waals surface area contributed by atoms with Gasteiger partial charge in [0.15, 0.2) is 0 Å². The highest BCUT2D eigenvalue weighted by Crippen LogP contribution is 2.31. The van der Waals surface area contributed by atoms with E-state index in [1.165, 1.54) is 0 Å². The molecule has 0 amide bonds. The molecule has 114 valence electrons. The van der Waals surface area contributed by atoms with Gasteiger partial charge in [-0.3, -0.25) is 0 Å². The van der Waals surface area contributed by atoms with Gasteiger partial charge in [0.05, 0.1) is 12.1 Å². The lowest BCUT2D eigenvalue weighted by molar-refractivity contribution is 0.0690. The van der Waals surface area contributed by atoms with E-state index in [1.807, 2.05) is 18.2 Å². The summed E-state index contributed by atoms with van der Waals surface area (Å²) in [5.41, 5.74) is 3.21. The maximum absolute atomic E-state index is 11.0. The second kappa shape index (κ2) is 5.85. The number of pyridine rings is 1. The Bertz CT molecular complexity index is 733. The molecule has 2 heterocycles. The van der Waals surface area contributed by atoms with E-state index in [4.69, 9.17) is 21.4 Å². The molecule has 22 heavy (non-hydrogen) atoms. The van der Waals surface area contributed by atoms with E-state index in [0.717, 1.165) is 29.8 Å². The van der Waals surface area contributed by atoms with Crippen molar-refractivity contribution in [1.82, 2.24) is 4.98 Å². The molecule has 1 aromatic carbocycles. The van der Waals surface area contributed by atoms with Crippen LogP contribution in [0.15, 0.2) is 30.5 Å². The minimum Gasteiger partial charge on any atom is -0.495 e. The molecule has 0 radical (unpaired) electrons. The van der Waals surface area contributed by atoms with Crippen LogP contribution in [-0.2, 0) is 13.0 Å². The zero-order valence-corrected chi connectivity index (χ0v) is 12.8. The van der Waals surface area contributed by atoms with Crippen LogP contribution < -0.4 is 9.64 Å². The number of halogens is 1. The number of hydrogen-bond acceptors (Lipinski definition) is 4. The molecule has 5 nitrogen and oxygen atoms in total. The van der Waals surface area contributed by atoms with E-state index in [2.05, 4.69) is 9.88 Å². The van der Waals surface area contributed by atoms with E-state index in [1.54, 1.807) is 19.4 Å². The molecule has 1 aliphatic rings. The summed E-state index contributed by atoms with van der Waals surface area (Å²) < 4.78 is 5.25. The molecule has 2 aromatic rings. The van der Waals surface area contributed by atoms with Crippen molar-refractivity contribution < 1.29 is 14.6 Å². The normalized spacial score (nSPS) is 13.6. The van der Waals surface area contributed by atoms with Crippen LogP contribution in [-0.4, -0.2) is 29.7 Å². The van der Waals surface area contributed by atoms with E-state index in [-0.39, 0.29) is 5.69 Å². The lowest BCUT2D eigenvalue weighted by atomic mass is 10.0. The van der Waals surface area contributed by atoms with Crippen molar-refractivity contribution in [2.24, 2.45) is 0 Å². The molecule has 0 spiro atoms. The van der Waals surface area contributed by atoms with Gasteiger partial charge < -0.3 is 14.7 Å². The van der Waals surface area contributed by atoms with Crippen LogP contribution in [0.4, 0.5) is 5.69 Å². The number of aromatic carboxylic acids is 1. The summed E-state index contributed by atoms with van der Waals surface area (Å²) in [6, 6.07) is 7.34. The van der Waals surface area contributed by atoms with Crippen molar-refractivity contribution in [1.29, 1.82) is 0 Å². The molecule has 0 aliphatic carbocycles. The molecule has 6 heteroatoms. The van der Waals surface area contributed by atoms with Crippen molar-refractivity contribution in [3.05, 3.63) is 52.3 Å². The predicted octanol–water partition coefficient (Wildman–Crippen LogP) is 3.00. The van der Waals surface area contributed by atoms with Gasteiger partial charge in [-0.05, 0) is 35.7 Å². The highest BCUT2D eigenvalue weighted by Gasteiger charge is 2.19. The minimum absolute atomic E-state index is 0.0976. The number of ether oxygens (including phenoxy) is 1. The smallest absolute Gasteiger partial charge is 0.354 e. The third-order valence-electron chi connectivity index (χ3n) is 3.81. The Labute approximate surface area is 133 Å². The monoisotopic (exact) mass is 318 g/mol. The minimum atomic E-state index is -0.993. The van der Waals surface area contributed by atoms with E-state index in [9.17, 15) is 4.79 Å². The highest BCUT2D eigenvalue weighted by molar-refractivity contribution is 6.32. The number of nitrogens with zero attached hydrogens (tertiary/aromatic N) is 2. The fourth-order valence-electron chi connectivity index (χ4n) is 2.62. The first-order valence-electron chi connectivity index (χ1n) is 6.88. The lowest BCUT2D eigenvalue weighted by Crippen LogP contribution is -2.30. The Balaban J connectivity index is 1.87. The molecule has 0 saturated heterocycles. The van der Waals surface area contributed by atoms with Gasteiger partial charge >= 0.3 is 5.97 Å². The number of carbonyl (C=O) groups is 1. The molecule has 1 aliphatic heterocycles. The number of carboxylic acid groups (broad SMARTS) is 1. The molecule has 1 N–H and O–H groups in total. The molecule has 0 unspecified atom stereocenters. The summed E-state index contributed by atoms with van der Waals surface area (Å²) in [5.74, 6) is -0.350. The second-order valence-corrected chi connectivity index (χ2v) is 5.54. The van der Waals surface area contributed by atoms with Gasteiger partial charge in [-0.15, -0.1) is 0 Å². The number of methoxy groups -OCH3 is 1. The molecular formula is C16H15ClN2O3. The van der Waals surface area contributed by atoms with E-state index in [0.29, 0.717) is 17.3 Å². The average Bonchev–Trinajstić information content (AvgIpc) is 2.54. The molecular weight excluding hydrogens is 304 g/mol. The van der Waals surface area contributed by atoms with E-state index >= 15 is 0 Å². The van der Waals surface area contributed by atoms with E-state index < -0.39 is 5.97 Å². The van der Waals surface area contributed by atoms with Crippen molar-refractivity contribution in [2.45, 2.75) is 13.0 Å². The van der Waals surface area contributed by atoms with Crippen molar-refractivity contribution in [3.8, 4) is 5.75 Å². The van der Waals surface area contributed by atoms with Crippen LogP contribution in [0.5, 0.6) is 5.75 Å². The average molecular weight is 319 g/mol. The first-order chi connectivity index (χ1) is 10.6. The molecule has 0 atom stereocenters. The lowest BCUT2D eigenvalue weighted by Gasteiger charge is -2.31. The number of carboxylic acids is 1. The quantitative estimate of drug-likeness (QED) is 0.942. The zero-order chi connectivity index (χ0) is 15.7. The highest BCUT2D eigenvalue weighted by atomic mass is 35.5. The Kier molecular flexibility index (Phi) is 3.90. The topological polar surface area (TPSA) is 62.7 Å². The van der Waals surface area contributed by atoms with Crippen LogP contribution in [0.1, 0.15) is 21.6 Å². The number of hydrogen-bond donors (Lipinski definition) is 1. The standard InChI is InChI=1S/C16H15ClN2O3/c1-22-15-7-12(2-3-13(15)17)19-5-4-10-6-14(16(20)21)18-8-11(10)9-19/h2-3,6-8H,4-5,9H2,1H3,(H,20,21). The van der Waals surface area contributed by atoms with Gasteiger partial charge in [0.1, 0.15) is 11.4 Å². The van der Waals surface area contributed by atoms with Gasteiger partial charge in [-0.2, -0.15) is 0 Å². The van der Waals surface area contributed by atoms with Crippen LogP contribution in [0.3, 0.4) is 0 Å². The number of rotatable bonds is 3. The molecule has 0 bridgehead atoms. The predicted molar refractivity (Wildman–Crippen MR) is 84.0 cm³/mol. The summed E-state index contributed by atoms with van der Waals surface area (Å²) >= 11 is 6.05. The van der Waals surface area contributed by atoms with Gasteiger partial charge in [0.2, 0.25) is 0 Å². The first kappa shape index (κ1) is 14.7. The third kappa shape index (κ3) is 2.72. The van der Waals surface area contributed by atoms with Gasteiger partial charge in [0, 0.05) is 31.0 Å². The number of fused-ring (bicyclic) bond motifs is 1. The SMILES string of the molecule is COc1cc(N2CCc3cc(C(=O)O)ncc3C2)ccc1Cl. The maximum Gasteiger partial charge on any atom is 0.354 e. The van der Waals surface area contributed by atoms with Crippen molar-refractivity contribution >= 4 is 23.3 Å².